The van der Waals surface area contributed by atoms with Crippen molar-refractivity contribution in [1.82, 2.24) is 4.90 Å². The van der Waals surface area contributed by atoms with Crippen LogP contribution in [-0.4, -0.2) is 23.0 Å². The maximum Gasteiger partial charge on any atom is 0.0817 e. The van der Waals surface area contributed by atoms with Crippen LogP contribution in [0.4, 0.5) is 0 Å². The van der Waals surface area contributed by atoms with Crippen molar-refractivity contribution in [2.24, 2.45) is 0 Å². The molecule has 64 valence electrons. The molecule has 0 aromatic rings. The molecule has 11 heavy (non-hydrogen) atoms. The van der Waals surface area contributed by atoms with E-state index >= 15 is 0 Å². The van der Waals surface area contributed by atoms with Gasteiger partial charge < -0.3 is 4.90 Å². The first-order valence-corrected chi connectivity index (χ1v) is 4.56. The first-order chi connectivity index (χ1) is 5.26. The lowest BCUT2D eigenvalue weighted by molar-refractivity contribution is 0.468. The van der Waals surface area contributed by atoms with Gasteiger partial charge in [-0.2, -0.15) is 0 Å². The molecule has 0 spiro atoms. The molecule has 0 aliphatic carbocycles. The minimum Gasteiger partial charge on any atom is -0.366 e. The molecular weight excluding hydrogens is 154 g/mol. The monoisotopic (exact) mass is 171 g/mol. The Morgan fingerprint density at radius 1 is 1.36 bits per heavy atom. The Balaban J connectivity index is 3.79. The predicted octanol–water partition coefficient (Wildman–Crippen LogP) is 2.62. The van der Waals surface area contributed by atoms with E-state index < -0.39 is 0 Å². The molecule has 2 heteroatoms. The zero-order chi connectivity index (χ0) is 8.69. The zero-order valence-electron chi connectivity index (χ0n) is 7.63. The Hall–Kier alpha value is -0.370. The third kappa shape index (κ3) is 4.14. The minimum absolute atomic E-state index is 0.910. The summed E-state index contributed by atoms with van der Waals surface area (Å²) in [6.45, 7) is 8.32. The SMILES string of the molecule is C/C=C/CC(=S)N(CC)CC. The van der Waals surface area contributed by atoms with Gasteiger partial charge in [-0.15, -0.1) is 0 Å². The average molecular weight is 171 g/mol. The second kappa shape index (κ2) is 6.35. The maximum atomic E-state index is 5.21. The van der Waals surface area contributed by atoms with Gasteiger partial charge in [0.1, 0.15) is 0 Å². The molecule has 0 heterocycles. The highest BCUT2D eigenvalue weighted by molar-refractivity contribution is 7.80. The van der Waals surface area contributed by atoms with Crippen LogP contribution in [-0.2, 0) is 0 Å². The van der Waals surface area contributed by atoms with Crippen molar-refractivity contribution < 1.29 is 0 Å². The summed E-state index contributed by atoms with van der Waals surface area (Å²) in [6.07, 6.45) is 5.05. The largest absolute Gasteiger partial charge is 0.366 e. The van der Waals surface area contributed by atoms with Gasteiger partial charge in [0.05, 0.1) is 4.99 Å². The number of hydrogen-bond donors (Lipinski definition) is 0. The molecule has 0 rings (SSSR count). The summed E-state index contributed by atoms with van der Waals surface area (Å²) in [5.74, 6) is 0. The highest BCUT2D eigenvalue weighted by atomic mass is 32.1. The van der Waals surface area contributed by atoms with Gasteiger partial charge in [-0.3, -0.25) is 0 Å². The third-order valence-corrected chi connectivity index (χ3v) is 2.07. The van der Waals surface area contributed by atoms with Crippen molar-refractivity contribution in [3.05, 3.63) is 12.2 Å². The van der Waals surface area contributed by atoms with Crippen LogP contribution < -0.4 is 0 Å². The Kier molecular flexibility index (Phi) is 6.13. The van der Waals surface area contributed by atoms with Gasteiger partial charge >= 0.3 is 0 Å². The fourth-order valence-corrected chi connectivity index (χ4v) is 1.28. The highest BCUT2D eigenvalue weighted by Gasteiger charge is 2.01. The molecule has 0 N–H and O–H groups in total. The first-order valence-electron chi connectivity index (χ1n) is 4.15. The molecule has 0 atom stereocenters. The van der Waals surface area contributed by atoms with Gasteiger partial charge in [-0.05, 0) is 20.8 Å². The van der Waals surface area contributed by atoms with E-state index in [1.807, 2.05) is 13.0 Å². The van der Waals surface area contributed by atoms with Crippen LogP contribution in [0.25, 0.3) is 0 Å². The van der Waals surface area contributed by atoms with E-state index in [0.29, 0.717) is 0 Å². The van der Waals surface area contributed by atoms with Crippen molar-refractivity contribution in [2.75, 3.05) is 13.1 Å². The summed E-state index contributed by atoms with van der Waals surface area (Å²) >= 11 is 5.21. The Morgan fingerprint density at radius 2 is 1.91 bits per heavy atom. The lowest BCUT2D eigenvalue weighted by Crippen LogP contribution is -2.28. The maximum absolute atomic E-state index is 5.21. The fourth-order valence-electron chi connectivity index (χ4n) is 0.924. The zero-order valence-corrected chi connectivity index (χ0v) is 8.45. The summed E-state index contributed by atoms with van der Waals surface area (Å²) in [5, 5.41) is 0. The van der Waals surface area contributed by atoms with E-state index in [2.05, 4.69) is 24.8 Å². The third-order valence-electron chi connectivity index (χ3n) is 1.64. The van der Waals surface area contributed by atoms with Crippen LogP contribution in [0.1, 0.15) is 27.2 Å². The van der Waals surface area contributed by atoms with Crippen molar-refractivity contribution >= 4 is 17.2 Å². The first kappa shape index (κ1) is 10.6. The van der Waals surface area contributed by atoms with E-state index in [4.69, 9.17) is 12.2 Å². The van der Waals surface area contributed by atoms with E-state index in [1.54, 1.807) is 0 Å². The molecular formula is C9H17NS. The number of rotatable bonds is 4. The molecule has 1 nitrogen and oxygen atoms in total. The summed E-state index contributed by atoms with van der Waals surface area (Å²) in [7, 11) is 0. The Bertz CT molecular complexity index is 136. The molecule has 0 fully saturated rings. The summed E-state index contributed by atoms with van der Waals surface area (Å²) in [6, 6.07) is 0. The second-order valence-electron chi connectivity index (χ2n) is 2.34. The van der Waals surface area contributed by atoms with E-state index in [1.165, 1.54) is 0 Å². The lowest BCUT2D eigenvalue weighted by atomic mass is 10.3. The molecule has 0 unspecified atom stereocenters. The fraction of sp³-hybridized carbons (Fsp3) is 0.667. The van der Waals surface area contributed by atoms with E-state index in [-0.39, 0.29) is 0 Å². The highest BCUT2D eigenvalue weighted by Crippen LogP contribution is 1.97. The van der Waals surface area contributed by atoms with Crippen LogP contribution in [0.3, 0.4) is 0 Å². The van der Waals surface area contributed by atoms with E-state index in [0.717, 1.165) is 24.5 Å². The molecule has 0 saturated heterocycles. The normalized spacial score (nSPS) is 10.5. The molecule has 0 aromatic carbocycles. The number of nitrogens with zero attached hydrogens (tertiary/aromatic N) is 1. The minimum atomic E-state index is 0.910. The molecule has 0 aliphatic rings. The van der Waals surface area contributed by atoms with Crippen LogP contribution in [0.5, 0.6) is 0 Å². The standard InChI is InChI=1S/C9H17NS/c1-4-7-8-9(11)10(5-2)6-3/h4,7H,5-6,8H2,1-3H3/b7-4+. The Labute approximate surface area is 75.1 Å². The predicted molar refractivity (Wildman–Crippen MR) is 55.0 cm³/mol. The topological polar surface area (TPSA) is 3.24 Å². The van der Waals surface area contributed by atoms with Crippen LogP contribution >= 0.6 is 12.2 Å². The van der Waals surface area contributed by atoms with E-state index in [9.17, 15) is 0 Å². The molecule has 0 bridgehead atoms. The molecule has 0 radical (unpaired) electrons. The van der Waals surface area contributed by atoms with Gasteiger partial charge in [0, 0.05) is 19.5 Å². The van der Waals surface area contributed by atoms with Crippen molar-refractivity contribution in [2.45, 2.75) is 27.2 Å². The smallest absolute Gasteiger partial charge is 0.0817 e. The van der Waals surface area contributed by atoms with Crippen molar-refractivity contribution in [3.8, 4) is 0 Å². The molecule has 0 amide bonds. The van der Waals surface area contributed by atoms with Gasteiger partial charge in [-0.25, -0.2) is 0 Å². The quantitative estimate of drug-likeness (QED) is 0.472. The van der Waals surface area contributed by atoms with Crippen LogP contribution in [0, 0.1) is 0 Å². The number of hydrogen-bond acceptors (Lipinski definition) is 1. The number of allylic oxidation sites excluding steroid dienone is 1. The Morgan fingerprint density at radius 3 is 2.27 bits per heavy atom. The van der Waals surface area contributed by atoms with Crippen LogP contribution in [0.15, 0.2) is 12.2 Å². The van der Waals surface area contributed by atoms with Gasteiger partial charge in [0.2, 0.25) is 0 Å². The summed E-state index contributed by atoms with van der Waals surface area (Å²) in [4.78, 5) is 3.25. The lowest BCUT2D eigenvalue weighted by Gasteiger charge is -2.20. The average Bonchev–Trinajstić information content (AvgIpc) is 2.03. The molecule has 0 saturated carbocycles. The van der Waals surface area contributed by atoms with Crippen molar-refractivity contribution in [3.63, 3.8) is 0 Å². The second-order valence-corrected chi connectivity index (χ2v) is 2.81. The van der Waals surface area contributed by atoms with Gasteiger partial charge in [-0.1, -0.05) is 24.4 Å². The van der Waals surface area contributed by atoms with Gasteiger partial charge in [0.25, 0.3) is 0 Å². The summed E-state index contributed by atoms with van der Waals surface area (Å²) in [5.41, 5.74) is 0. The summed E-state index contributed by atoms with van der Waals surface area (Å²) < 4.78 is 0. The van der Waals surface area contributed by atoms with Crippen LogP contribution in [0.2, 0.25) is 0 Å². The van der Waals surface area contributed by atoms with Crippen molar-refractivity contribution in [1.29, 1.82) is 0 Å². The number of thiocarbonyl (C=S) groups is 1. The molecule has 0 aliphatic heterocycles. The molecule has 0 aromatic heterocycles. The van der Waals surface area contributed by atoms with Gasteiger partial charge in [0.15, 0.2) is 0 Å².